The molecule has 144 valence electrons. The van der Waals surface area contributed by atoms with E-state index in [1.165, 1.54) is 0 Å². The number of ether oxygens (including phenoxy) is 1. The monoisotopic (exact) mass is 481 g/mol. The first kappa shape index (κ1) is 19.5. The summed E-state index contributed by atoms with van der Waals surface area (Å²) in [4.78, 5) is 28.0. The number of methoxy groups -OCH3 is 1. The van der Waals surface area contributed by atoms with E-state index in [1.54, 1.807) is 48.4 Å². The van der Waals surface area contributed by atoms with Gasteiger partial charge in [0.1, 0.15) is 5.58 Å². The molecule has 2 aromatic carbocycles. The van der Waals surface area contributed by atoms with Crippen molar-refractivity contribution >= 4 is 56.0 Å². The van der Waals surface area contributed by atoms with Gasteiger partial charge < -0.3 is 14.1 Å². The summed E-state index contributed by atoms with van der Waals surface area (Å²) in [5.41, 5.74) is 1.09. The van der Waals surface area contributed by atoms with Gasteiger partial charge in [0.2, 0.25) is 5.76 Å². The van der Waals surface area contributed by atoms with E-state index in [4.69, 9.17) is 32.4 Å². The number of rotatable bonds is 4. The second kappa shape index (κ2) is 7.52. The third-order valence-corrected chi connectivity index (χ3v) is 5.96. The van der Waals surface area contributed by atoms with Gasteiger partial charge in [0, 0.05) is 18.1 Å². The van der Waals surface area contributed by atoms with Crippen LogP contribution in [-0.2, 0) is 4.74 Å². The number of carbonyl (C=O) groups is 1. The minimum Gasteiger partial charge on any atom is -0.450 e. The molecule has 1 aromatic heterocycles. The predicted octanol–water partition coefficient (Wildman–Crippen LogP) is 5.05. The second-order valence-corrected chi connectivity index (χ2v) is 8.11. The van der Waals surface area contributed by atoms with Gasteiger partial charge in [0.05, 0.1) is 33.6 Å². The number of carbonyl (C=O) groups excluding carboxylic acids is 1. The Kier molecular flexibility index (Phi) is 5.22. The molecule has 0 N–H and O–H groups in total. The molecule has 0 saturated carbocycles. The minimum atomic E-state index is -0.632. The van der Waals surface area contributed by atoms with Gasteiger partial charge in [-0.15, -0.1) is 0 Å². The third kappa shape index (κ3) is 3.14. The molecule has 0 saturated heterocycles. The van der Waals surface area contributed by atoms with Crippen molar-refractivity contribution in [1.82, 2.24) is 4.90 Å². The van der Waals surface area contributed by atoms with Crippen molar-refractivity contribution in [2.24, 2.45) is 0 Å². The van der Waals surface area contributed by atoms with Crippen LogP contribution in [0.25, 0.3) is 11.0 Å². The van der Waals surface area contributed by atoms with Gasteiger partial charge in [-0.2, -0.15) is 0 Å². The molecule has 1 aliphatic rings. The number of hydrogen-bond donors (Lipinski definition) is 0. The number of fused-ring (bicyclic) bond motifs is 2. The van der Waals surface area contributed by atoms with E-state index in [1.807, 2.05) is 0 Å². The van der Waals surface area contributed by atoms with Gasteiger partial charge in [-0.3, -0.25) is 9.59 Å². The van der Waals surface area contributed by atoms with Crippen LogP contribution in [-0.4, -0.2) is 31.1 Å². The van der Waals surface area contributed by atoms with Gasteiger partial charge >= 0.3 is 0 Å². The SMILES string of the molecule is COCCN1C(=O)c2oc3ccc(Br)cc3c(=O)c2C1c1ccc(Cl)c(Cl)c1. The van der Waals surface area contributed by atoms with Crippen LogP contribution in [0.2, 0.25) is 10.0 Å². The first-order valence-corrected chi connectivity index (χ1v) is 9.98. The minimum absolute atomic E-state index is 0.0481. The predicted molar refractivity (Wildman–Crippen MR) is 111 cm³/mol. The molecule has 28 heavy (non-hydrogen) atoms. The van der Waals surface area contributed by atoms with E-state index >= 15 is 0 Å². The highest BCUT2D eigenvalue weighted by Crippen LogP contribution is 2.39. The molecule has 1 atom stereocenters. The Morgan fingerprint density at radius 2 is 1.93 bits per heavy atom. The van der Waals surface area contributed by atoms with Crippen molar-refractivity contribution in [3.8, 4) is 0 Å². The zero-order valence-electron chi connectivity index (χ0n) is 14.7. The van der Waals surface area contributed by atoms with Crippen LogP contribution < -0.4 is 5.43 Å². The molecule has 0 bridgehead atoms. The average molecular weight is 483 g/mol. The summed E-state index contributed by atoms with van der Waals surface area (Å²) >= 11 is 15.6. The highest BCUT2D eigenvalue weighted by atomic mass is 79.9. The third-order valence-electron chi connectivity index (χ3n) is 4.72. The lowest BCUT2D eigenvalue weighted by molar-refractivity contribution is 0.0663. The molecule has 0 spiro atoms. The average Bonchev–Trinajstić information content (AvgIpc) is 2.95. The lowest BCUT2D eigenvalue weighted by Gasteiger charge is -2.25. The first-order chi connectivity index (χ1) is 13.4. The molecule has 8 heteroatoms. The van der Waals surface area contributed by atoms with Crippen LogP contribution in [0.3, 0.4) is 0 Å². The van der Waals surface area contributed by atoms with Crippen LogP contribution >= 0.6 is 39.1 Å². The fourth-order valence-electron chi connectivity index (χ4n) is 3.44. The smallest absolute Gasteiger partial charge is 0.290 e. The number of benzene rings is 2. The fourth-order valence-corrected chi connectivity index (χ4v) is 4.11. The van der Waals surface area contributed by atoms with E-state index in [2.05, 4.69) is 15.9 Å². The molecule has 0 radical (unpaired) electrons. The highest BCUT2D eigenvalue weighted by molar-refractivity contribution is 9.10. The van der Waals surface area contributed by atoms with Gasteiger partial charge in [0.25, 0.3) is 5.91 Å². The molecular weight excluding hydrogens is 469 g/mol. The van der Waals surface area contributed by atoms with Crippen LogP contribution in [0.15, 0.2) is 50.1 Å². The van der Waals surface area contributed by atoms with E-state index in [-0.39, 0.29) is 17.1 Å². The number of amides is 1. The molecule has 0 fully saturated rings. The second-order valence-electron chi connectivity index (χ2n) is 6.38. The maximum Gasteiger partial charge on any atom is 0.290 e. The summed E-state index contributed by atoms with van der Waals surface area (Å²) in [6.45, 7) is 0.612. The summed E-state index contributed by atoms with van der Waals surface area (Å²) in [6.07, 6.45) is 0. The van der Waals surface area contributed by atoms with E-state index in [9.17, 15) is 9.59 Å². The molecule has 2 heterocycles. The Morgan fingerprint density at radius 1 is 1.14 bits per heavy atom. The summed E-state index contributed by atoms with van der Waals surface area (Å²) in [7, 11) is 1.55. The number of nitrogens with zero attached hydrogens (tertiary/aromatic N) is 1. The van der Waals surface area contributed by atoms with Crippen molar-refractivity contribution < 1.29 is 13.9 Å². The summed E-state index contributed by atoms with van der Waals surface area (Å²) < 4.78 is 11.8. The Bertz CT molecular complexity index is 1160. The van der Waals surface area contributed by atoms with Crippen molar-refractivity contribution in [3.05, 3.63) is 78.0 Å². The summed E-state index contributed by atoms with van der Waals surface area (Å²) in [5.74, 6) is -0.308. The van der Waals surface area contributed by atoms with Crippen molar-refractivity contribution in [2.75, 3.05) is 20.3 Å². The van der Waals surface area contributed by atoms with Crippen LogP contribution in [0.1, 0.15) is 27.7 Å². The normalized spacial score (nSPS) is 16.1. The quantitative estimate of drug-likeness (QED) is 0.521. The van der Waals surface area contributed by atoms with Gasteiger partial charge in [-0.25, -0.2) is 0 Å². The number of halogens is 3. The molecule has 1 amide bonds. The lowest BCUT2D eigenvalue weighted by atomic mass is 9.98. The highest BCUT2D eigenvalue weighted by Gasteiger charge is 2.42. The summed E-state index contributed by atoms with van der Waals surface area (Å²) in [6, 6.07) is 9.56. The molecular formula is C20H14BrCl2NO4. The molecule has 1 aliphatic heterocycles. The standard InChI is InChI=1S/C20H14BrCl2NO4/c1-27-7-6-24-17(10-2-4-13(22)14(23)8-10)16-18(25)12-9-11(21)3-5-15(12)28-19(16)20(24)26/h2-5,8-9,17H,6-7H2,1H3. The number of hydrogen-bond acceptors (Lipinski definition) is 4. The van der Waals surface area contributed by atoms with Crippen molar-refractivity contribution in [3.63, 3.8) is 0 Å². The topological polar surface area (TPSA) is 59.8 Å². The Balaban J connectivity index is 1.98. The van der Waals surface area contributed by atoms with E-state index in [0.717, 1.165) is 4.47 Å². The van der Waals surface area contributed by atoms with E-state index < -0.39 is 6.04 Å². The largest absolute Gasteiger partial charge is 0.450 e. The maximum atomic E-state index is 13.3. The van der Waals surface area contributed by atoms with Gasteiger partial charge in [-0.1, -0.05) is 45.2 Å². The van der Waals surface area contributed by atoms with Crippen molar-refractivity contribution in [1.29, 1.82) is 0 Å². The van der Waals surface area contributed by atoms with Gasteiger partial charge in [-0.05, 0) is 35.9 Å². The van der Waals surface area contributed by atoms with E-state index in [0.29, 0.717) is 45.3 Å². The lowest BCUT2D eigenvalue weighted by Crippen LogP contribution is -2.32. The molecule has 0 aliphatic carbocycles. The van der Waals surface area contributed by atoms with Gasteiger partial charge in [0.15, 0.2) is 5.43 Å². The van der Waals surface area contributed by atoms with Crippen molar-refractivity contribution in [2.45, 2.75) is 6.04 Å². The van der Waals surface area contributed by atoms with Crippen LogP contribution in [0.5, 0.6) is 0 Å². The zero-order chi connectivity index (χ0) is 20.0. The molecule has 5 nitrogen and oxygen atoms in total. The molecule has 4 rings (SSSR count). The molecule has 3 aromatic rings. The molecule has 1 unspecified atom stereocenters. The van der Waals surface area contributed by atoms with Crippen LogP contribution in [0.4, 0.5) is 0 Å². The Morgan fingerprint density at radius 3 is 2.64 bits per heavy atom. The summed E-state index contributed by atoms with van der Waals surface area (Å²) in [5, 5.41) is 1.15. The Labute approximate surface area is 178 Å². The first-order valence-electron chi connectivity index (χ1n) is 8.43. The maximum absolute atomic E-state index is 13.3. The fraction of sp³-hybridized carbons (Fsp3) is 0.200. The zero-order valence-corrected chi connectivity index (χ0v) is 17.8. The van der Waals surface area contributed by atoms with Crippen LogP contribution in [0, 0.1) is 0 Å². The Hall–Kier alpha value is -1.86.